The molecular weight excluding hydrogens is 242 g/mol. The van der Waals surface area contributed by atoms with E-state index >= 15 is 0 Å². The second kappa shape index (κ2) is 5.33. The van der Waals surface area contributed by atoms with Gasteiger partial charge in [0.05, 0.1) is 4.92 Å². The zero-order valence-electron chi connectivity index (χ0n) is 9.28. The number of nitrogens with one attached hydrogen (secondary N) is 2. The molecule has 0 bridgehead atoms. The maximum Gasteiger partial charge on any atom is 0.289 e. The third kappa shape index (κ3) is 3.08. The number of hydrogen-bond donors (Lipinski definition) is 2. The summed E-state index contributed by atoms with van der Waals surface area (Å²) in [5, 5.41) is 17.4. The monoisotopic (exact) mass is 255 g/mol. The van der Waals surface area contributed by atoms with Crippen molar-refractivity contribution in [1.82, 2.24) is 5.32 Å². The largest absolute Gasteiger partial charge is 0.383 e. The Labute approximate surface area is 104 Å². The van der Waals surface area contributed by atoms with Crippen molar-refractivity contribution in [1.29, 1.82) is 0 Å². The summed E-state index contributed by atoms with van der Waals surface area (Å²) in [6, 6.07) is 5.22. The van der Waals surface area contributed by atoms with Crippen LogP contribution in [0.5, 0.6) is 0 Å². The third-order valence-electron chi connectivity index (χ3n) is 2.86. The molecule has 0 saturated carbocycles. The summed E-state index contributed by atoms with van der Waals surface area (Å²) in [5.74, 6) is 0. The molecule has 17 heavy (non-hydrogen) atoms. The summed E-state index contributed by atoms with van der Waals surface area (Å²) < 4.78 is 0. The number of hydrogen-bond acceptors (Lipinski definition) is 4. The lowest BCUT2D eigenvalue weighted by Crippen LogP contribution is -2.29. The first-order chi connectivity index (χ1) is 8.16. The van der Waals surface area contributed by atoms with Crippen LogP contribution in [0, 0.1) is 10.1 Å². The molecule has 92 valence electrons. The fourth-order valence-electron chi connectivity index (χ4n) is 1.93. The number of anilines is 1. The van der Waals surface area contributed by atoms with E-state index in [4.69, 9.17) is 11.6 Å². The van der Waals surface area contributed by atoms with E-state index in [0.29, 0.717) is 6.04 Å². The van der Waals surface area contributed by atoms with Crippen LogP contribution in [0.15, 0.2) is 18.2 Å². The first-order valence-corrected chi connectivity index (χ1v) is 5.96. The van der Waals surface area contributed by atoms with Crippen molar-refractivity contribution < 1.29 is 4.92 Å². The van der Waals surface area contributed by atoms with E-state index in [1.54, 1.807) is 12.1 Å². The average molecular weight is 256 g/mol. The van der Waals surface area contributed by atoms with Crippen molar-refractivity contribution in [2.45, 2.75) is 18.9 Å². The van der Waals surface area contributed by atoms with E-state index in [1.165, 1.54) is 12.5 Å². The van der Waals surface area contributed by atoms with Crippen LogP contribution in [0.4, 0.5) is 11.4 Å². The fourth-order valence-corrected chi connectivity index (χ4v) is 2.12. The van der Waals surface area contributed by atoms with Crippen LogP contribution in [0.2, 0.25) is 5.02 Å². The molecule has 1 aliphatic rings. The minimum absolute atomic E-state index is 0.0592. The van der Waals surface area contributed by atoms with Gasteiger partial charge in [-0.25, -0.2) is 0 Å². The highest BCUT2D eigenvalue weighted by molar-refractivity contribution is 6.32. The molecule has 1 aliphatic heterocycles. The molecule has 0 aromatic heterocycles. The molecule has 6 heteroatoms. The normalized spacial score (nSPS) is 19.2. The molecule has 0 aliphatic carbocycles. The Balaban J connectivity index is 2.00. The SMILES string of the molecule is O=[N+]([O-])c1cc(NCC2CCCN2)ccc1Cl. The molecule has 1 heterocycles. The van der Waals surface area contributed by atoms with Gasteiger partial charge in [-0.2, -0.15) is 0 Å². The van der Waals surface area contributed by atoms with Crippen LogP contribution >= 0.6 is 11.6 Å². The molecule has 1 fully saturated rings. The van der Waals surface area contributed by atoms with Crippen LogP contribution in [-0.4, -0.2) is 24.1 Å². The average Bonchev–Trinajstić information content (AvgIpc) is 2.80. The summed E-state index contributed by atoms with van der Waals surface area (Å²) in [7, 11) is 0. The summed E-state index contributed by atoms with van der Waals surface area (Å²) in [5.41, 5.74) is 0.672. The topological polar surface area (TPSA) is 67.2 Å². The van der Waals surface area contributed by atoms with E-state index in [0.717, 1.165) is 25.2 Å². The zero-order valence-corrected chi connectivity index (χ0v) is 10.0. The van der Waals surface area contributed by atoms with Crippen molar-refractivity contribution >= 4 is 23.0 Å². The van der Waals surface area contributed by atoms with Crippen LogP contribution < -0.4 is 10.6 Å². The smallest absolute Gasteiger partial charge is 0.289 e. The highest BCUT2D eigenvalue weighted by atomic mass is 35.5. The second-order valence-corrected chi connectivity index (χ2v) is 4.50. The molecule has 0 radical (unpaired) electrons. The number of nitro groups is 1. The Morgan fingerprint density at radius 2 is 2.41 bits per heavy atom. The molecule has 5 nitrogen and oxygen atoms in total. The third-order valence-corrected chi connectivity index (χ3v) is 3.18. The van der Waals surface area contributed by atoms with Crippen LogP contribution in [0.3, 0.4) is 0 Å². The Morgan fingerprint density at radius 3 is 3.06 bits per heavy atom. The van der Waals surface area contributed by atoms with E-state index < -0.39 is 4.92 Å². The molecular formula is C11H14ClN3O2. The summed E-state index contributed by atoms with van der Waals surface area (Å²) in [6.45, 7) is 1.83. The highest BCUT2D eigenvalue weighted by Gasteiger charge is 2.15. The number of nitrogens with zero attached hydrogens (tertiary/aromatic N) is 1. The quantitative estimate of drug-likeness (QED) is 0.640. The maximum atomic E-state index is 10.7. The van der Waals surface area contributed by atoms with Crippen molar-refractivity contribution in [2.24, 2.45) is 0 Å². The van der Waals surface area contributed by atoms with Gasteiger partial charge in [0.1, 0.15) is 5.02 Å². The lowest BCUT2D eigenvalue weighted by atomic mass is 10.2. The number of benzene rings is 1. The molecule has 1 aromatic rings. The molecule has 1 saturated heterocycles. The van der Waals surface area contributed by atoms with Crippen molar-refractivity contribution in [3.63, 3.8) is 0 Å². The first-order valence-electron chi connectivity index (χ1n) is 5.58. The van der Waals surface area contributed by atoms with Crippen molar-refractivity contribution in [2.75, 3.05) is 18.4 Å². The minimum atomic E-state index is -0.471. The Morgan fingerprint density at radius 1 is 1.59 bits per heavy atom. The number of nitro benzene ring substituents is 1. The van der Waals surface area contributed by atoms with E-state index in [2.05, 4.69) is 10.6 Å². The van der Waals surface area contributed by atoms with Gasteiger partial charge in [-0.1, -0.05) is 11.6 Å². The van der Waals surface area contributed by atoms with Gasteiger partial charge in [0.25, 0.3) is 5.69 Å². The minimum Gasteiger partial charge on any atom is -0.383 e. The predicted molar refractivity (Wildman–Crippen MR) is 67.6 cm³/mol. The fraction of sp³-hybridized carbons (Fsp3) is 0.455. The van der Waals surface area contributed by atoms with Gasteiger partial charge in [-0.15, -0.1) is 0 Å². The van der Waals surface area contributed by atoms with Gasteiger partial charge in [-0.05, 0) is 31.5 Å². The Kier molecular flexibility index (Phi) is 3.81. The predicted octanol–water partition coefficient (Wildman–Crippen LogP) is 2.41. The van der Waals surface area contributed by atoms with Crippen LogP contribution in [-0.2, 0) is 0 Å². The van der Waals surface area contributed by atoms with Gasteiger partial charge in [0.15, 0.2) is 0 Å². The van der Waals surface area contributed by atoms with E-state index in [9.17, 15) is 10.1 Å². The van der Waals surface area contributed by atoms with E-state index in [-0.39, 0.29) is 10.7 Å². The number of halogens is 1. The highest BCUT2D eigenvalue weighted by Crippen LogP contribution is 2.27. The van der Waals surface area contributed by atoms with Gasteiger partial charge >= 0.3 is 0 Å². The standard InChI is InChI=1S/C11H14ClN3O2/c12-10-4-3-8(6-11(10)15(16)17)14-7-9-2-1-5-13-9/h3-4,6,9,13-14H,1-2,5,7H2. The Bertz CT molecular complexity index is 419. The first kappa shape index (κ1) is 12.1. The zero-order chi connectivity index (χ0) is 12.3. The molecule has 1 aromatic carbocycles. The summed E-state index contributed by atoms with van der Waals surface area (Å²) in [4.78, 5) is 10.2. The lowest BCUT2D eigenvalue weighted by Gasteiger charge is -2.12. The van der Waals surface area contributed by atoms with Crippen LogP contribution in [0.25, 0.3) is 0 Å². The van der Waals surface area contributed by atoms with Gasteiger partial charge in [0, 0.05) is 24.3 Å². The summed E-state index contributed by atoms with van der Waals surface area (Å²) in [6.07, 6.45) is 2.33. The number of rotatable bonds is 4. The van der Waals surface area contributed by atoms with Crippen molar-refractivity contribution in [3.8, 4) is 0 Å². The second-order valence-electron chi connectivity index (χ2n) is 4.10. The van der Waals surface area contributed by atoms with Gasteiger partial charge < -0.3 is 10.6 Å². The molecule has 0 spiro atoms. The molecule has 1 unspecified atom stereocenters. The van der Waals surface area contributed by atoms with Gasteiger partial charge in [0.2, 0.25) is 0 Å². The molecule has 2 rings (SSSR count). The molecule has 1 atom stereocenters. The molecule has 2 N–H and O–H groups in total. The lowest BCUT2D eigenvalue weighted by molar-refractivity contribution is -0.384. The van der Waals surface area contributed by atoms with Crippen molar-refractivity contribution in [3.05, 3.63) is 33.3 Å². The van der Waals surface area contributed by atoms with E-state index in [1.807, 2.05) is 0 Å². The van der Waals surface area contributed by atoms with Crippen LogP contribution in [0.1, 0.15) is 12.8 Å². The maximum absolute atomic E-state index is 10.7. The molecule has 0 amide bonds. The Hall–Kier alpha value is -1.33. The van der Waals surface area contributed by atoms with Gasteiger partial charge in [-0.3, -0.25) is 10.1 Å². The summed E-state index contributed by atoms with van der Waals surface area (Å²) >= 11 is 5.74.